The van der Waals surface area contributed by atoms with Crippen molar-refractivity contribution >= 4 is 25.3 Å². The molecular formula is C6H12S2-2. The fraction of sp³-hybridized carbons (Fsp3) is 1.00. The molecule has 0 aliphatic heterocycles. The fourth-order valence-electron chi connectivity index (χ4n) is 0.561. The highest BCUT2D eigenvalue weighted by Gasteiger charge is 1.79. The molecule has 0 aliphatic rings. The summed E-state index contributed by atoms with van der Waals surface area (Å²) in [6.07, 6.45) is 4.80. The van der Waals surface area contributed by atoms with E-state index in [1.807, 2.05) is 0 Å². The van der Waals surface area contributed by atoms with E-state index >= 15 is 0 Å². The van der Waals surface area contributed by atoms with E-state index in [9.17, 15) is 0 Å². The summed E-state index contributed by atoms with van der Waals surface area (Å²) in [7, 11) is 0. The van der Waals surface area contributed by atoms with Gasteiger partial charge in [-0.05, 0) is 0 Å². The molecule has 0 saturated heterocycles. The third kappa shape index (κ3) is 6.70. The SMILES string of the molecule is CCCCCC([S-])[S-]. The molecule has 0 spiro atoms. The van der Waals surface area contributed by atoms with Gasteiger partial charge in [0.25, 0.3) is 0 Å². The average Bonchev–Trinajstić information content (AvgIpc) is 1.66. The first-order valence-corrected chi connectivity index (χ1v) is 4.03. The second kappa shape index (κ2) is 5.83. The summed E-state index contributed by atoms with van der Waals surface area (Å²) in [5, 5.41) is 0. The molecule has 0 aliphatic carbocycles. The van der Waals surface area contributed by atoms with E-state index in [0.717, 1.165) is 6.42 Å². The maximum absolute atomic E-state index is 4.81. The van der Waals surface area contributed by atoms with Crippen LogP contribution in [0.2, 0.25) is 0 Å². The number of unbranched alkanes of at least 4 members (excludes halogenated alkanes) is 2. The number of hydrogen-bond acceptors (Lipinski definition) is 2. The second-order valence-electron chi connectivity index (χ2n) is 1.93. The predicted octanol–water partition coefficient (Wildman–Crippen LogP) is 1.99. The third-order valence-corrected chi connectivity index (χ3v) is 1.51. The van der Waals surface area contributed by atoms with Crippen molar-refractivity contribution in [1.82, 2.24) is 0 Å². The first-order chi connectivity index (χ1) is 3.77. The summed E-state index contributed by atoms with van der Waals surface area (Å²) in [5.74, 6) is 0. The van der Waals surface area contributed by atoms with Crippen molar-refractivity contribution in [3.63, 3.8) is 0 Å². The van der Waals surface area contributed by atoms with E-state index < -0.39 is 0 Å². The van der Waals surface area contributed by atoms with Crippen LogP contribution >= 0.6 is 0 Å². The molecule has 50 valence electrons. The quantitative estimate of drug-likeness (QED) is 0.442. The molecule has 0 aromatic heterocycles. The van der Waals surface area contributed by atoms with E-state index in [1.165, 1.54) is 19.3 Å². The van der Waals surface area contributed by atoms with E-state index in [0.29, 0.717) is 0 Å². The third-order valence-electron chi connectivity index (χ3n) is 1.04. The minimum atomic E-state index is 0.0709. The maximum atomic E-state index is 4.81. The van der Waals surface area contributed by atoms with E-state index in [4.69, 9.17) is 25.3 Å². The molecule has 0 unspecified atom stereocenters. The first-order valence-electron chi connectivity index (χ1n) is 3.09. The van der Waals surface area contributed by atoms with Crippen LogP contribution in [0.25, 0.3) is 0 Å². The van der Waals surface area contributed by atoms with Gasteiger partial charge < -0.3 is 25.3 Å². The normalized spacial score (nSPS) is 10.5. The molecule has 2 heteroatoms. The first kappa shape index (κ1) is 8.70. The molecule has 0 N–H and O–H groups in total. The van der Waals surface area contributed by atoms with Crippen LogP contribution in [0.4, 0.5) is 0 Å². The van der Waals surface area contributed by atoms with Crippen LogP contribution in [-0.2, 0) is 25.3 Å². The molecule has 0 radical (unpaired) electrons. The Kier molecular flexibility index (Phi) is 6.34. The Bertz CT molecular complexity index is 43.8. The Labute approximate surface area is 62.9 Å². The molecule has 0 rings (SSSR count). The van der Waals surface area contributed by atoms with E-state index in [2.05, 4.69) is 6.92 Å². The van der Waals surface area contributed by atoms with E-state index in [1.54, 1.807) is 0 Å². The highest BCUT2D eigenvalue weighted by Crippen LogP contribution is 2.01. The Balaban J connectivity index is 2.72. The smallest absolute Gasteiger partial charge is 0.0537 e. The number of rotatable bonds is 4. The molecular weight excluding hydrogens is 136 g/mol. The van der Waals surface area contributed by atoms with Gasteiger partial charge in [0.05, 0.1) is 0 Å². The molecule has 0 heterocycles. The van der Waals surface area contributed by atoms with Crippen molar-refractivity contribution in [2.45, 2.75) is 37.2 Å². The van der Waals surface area contributed by atoms with Gasteiger partial charge in [0.15, 0.2) is 0 Å². The molecule has 0 aromatic rings. The molecule has 0 aromatic carbocycles. The Morgan fingerprint density at radius 3 is 2.25 bits per heavy atom. The van der Waals surface area contributed by atoms with E-state index in [-0.39, 0.29) is 4.58 Å². The van der Waals surface area contributed by atoms with Gasteiger partial charge in [-0.3, -0.25) is 4.58 Å². The molecule has 0 nitrogen and oxygen atoms in total. The summed E-state index contributed by atoms with van der Waals surface area (Å²) < 4.78 is 0.0709. The summed E-state index contributed by atoms with van der Waals surface area (Å²) in [6.45, 7) is 2.18. The maximum Gasteiger partial charge on any atom is -0.0537 e. The summed E-state index contributed by atoms with van der Waals surface area (Å²) in [6, 6.07) is 0. The van der Waals surface area contributed by atoms with Crippen LogP contribution in [0, 0.1) is 0 Å². The monoisotopic (exact) mass is 148 g/mol. The lowest BCUT2D eigenvalue weighted by Crippen LogP contribution is -1.95. The average molecular weight is 148 g/mol. The van der Waals surface area contributed by atoms with Gasteiger partial charge in [-0.25, -0.2) is 0 Å². The van der Waals surface area contributed by atoms with Gasteiger partial charge in [0.1, 0.15) is 0 Å². The van der Waals surface area contributed by atoms with Crippen molar-refractivity contribution in [1.29, 1.82) is 0 Å². The lowest BCUT2D eigenvalue weighted by molar-refractivity contribution is 0.698. The van der Waals surface area contributed by atoms with Crippen LogP contribution in [0.3, 0.4) is 0 Å². The van der Waals surface area contributed by atoms with Crippen LogP contribution < -0.4 is 0 Å². The summed E-state index contributed by atoms with van der Waals surface area (Å²) in [5.41, 5.74) is 0. The van der Waals surface area contributed by atoms with Crippen LogP contribution in [0.15, 0.2) is 0 Å². The lowest BCUT2D eigenvalue weighted by atomic mass is 10.2. The minimum absolute atomic E-state index is 0.0709. The molecule has 0 amide bonds. The van der Waals surface area contributed by atoms with Crippen molar-refractivity contribution in [3.8, 4) is 0 Å². The Hall–Kier alpha value is 0.700. The second-order valence-corrected chi connectivity index (χ2v) is 3.36. The van der Waals surface area contributed by atoms with Gasteiger partial charge in [-0.15, -0.1) is 0 Å². The van der Waals surface area contributed by atoms with Gasteiger partial charge >= 0.3 is 0 Å². The fourth-order valence-corrected chi connectivity index (χ4v) is 0.894. The van der Waals surface area contributed by atoms with Crippen molar-refractivity contribution in [3.05, 3.63) is 0 Å². The van der Waals surface area contributed by atoms with Crippen molar-refractivity contribution in [2.24, 2.45) is 0 Å². The van der Waals surface area contributed by atoms with Gasteiger partial charge in [-0.2, -0.15) is 0 Å². The highest BCUT2D eigenvalue weighted by atomic mass is 32.2. The summed E-state index contributed by atoms with van der Waals surface area (Å²) >= 11 is 9.61. The van der Waals surface area contributed by atoms with Crippen molar-refractivity contribution < 1.29 is 0 Å². The highest BCUT2D eigenvalue weighted by molar-refractivity contribution is 7.78. The Morgan fingerprint density at radius 2 is 1.88 bits per heavy atom. The molecule has 0 saturated carbocycles. The minimum Gasteiger partial charge on any atom is -0.815 e. The number of hydrogen-bond donors (Lipinski definition) is 0. The molecule has 8 heavy (non-hydrogen) atoms. The topological polar surface area (TPSA) is 0 Å². The molecule has 0 atom stereocenters. The van der Waals surface area contributed by atoms with Crippen LogP contribution in [-0.4, -0.2) is 4.58 Å². The predicted molar refractivity (Wildman–Crippen MR) is 42.7 cm³/mol. The standard InChI is InChI=1S/C6H14S2/c1-2-3-4-5-6(7)8/h6-8H,2-5H2,1H3/p-2. The van der Waals surface area contributed by atoms with Gasteiger partial charge in [0, 0.05) is 0 Å². The zero-order valence-corrected chi connectivity index (χ0v) is 6.86. The molecule has 0 bridgehead atoms. The van der Waals surface area contributed by atoms with Crippen LogP contribution in [0.1, 0.15) is 32.6 Å². The molecule has 0 fully saturated rings. The lowest BCUT2D eigenvalue weighted by Gasteiger charge is -2.29. The van der Waals surface area contributed by atoms with Crippen LogP contribution in [0.5, 0.6) is 0 Å². The van der Waals surface area contributed by atoms with Crippen molar-refractivity contribution in [2.75, 3.05) is 0 Å². The zero-order chi connectivity index (χ0) is 6.41. The summed E-state index contributed by atoms with van der Waals surface area (Å²) in [4.78, 5) is 0. The Morgan fingerprint density at radius 1 is 1.25 bits per heavy atom. The zero-order valence-electron chi connectivity index (χ0n) is 5.22. The van der Waals surface area contributed by atoms with Gasteiger partial charge in [-0.1, -0.05) is 32.6 Å². The van der Waals surface area contributed by atoms with Gasteiger partial charge in [0.2, 0.25) is 0 Å². The largest absolute Gasteiger partial charge is 0.815 e.